The van der Waals surface area contributed by atoms with Crippen molar-refractivity contribution in [1.82, 2.24) is 29.6 Å². The van der Waals surface area contributed by atoms with E-state index in [9.17, 15) is 18.3 Å². The summed E-state index contributed by atoms with van der Waals surface area (Å²) in [7, 11) is 0. The Morgan fingerprint density at radius 3 is 2.59 bits per heavy atom. The summed E-state index contributed by atoms with van der Waals surface area (Å²) in [4.78, 5) is 13.8. The number of aromatic nitrogens is 5. The predicted octanol–water partition coefficient (Wildman–Crippen LogP) is 2.34. The average Bonchev–Trinajstić information content (AvgIpc) is 3.16. The lowest BCUT2D eigenvalue weighted by atomic mass is 9.92. The van der Waals surface area contributed by atoms with Crippen LogP contribution in [0, 0.1) is 17.5 Å². The van der Waals surface area contributed by atoms with Crippen molar-refractivity contribution in [2.45, 2.75) is 37.5 Å². The molecule has 1 fully saturated rings. The zero-order valence-corrected chi connectivity index (χ0v) is 17.3. The lowest BCUT2D eigenvalue weighted by molar-refractivity contribution is -0.0209. The smallest absolute Gasteiger partial charge is 0.222 e. The number of benzene rings is 1. The van der Waals surface area contributed by atoms with Crippen molar-refractivity contribution < 1.29 is 18.3 Å². The molecular formula is C21H24F3N7O. The molecule has 0 spiro atoms. The first-order chi connectivity index (χ1) is 15.4. The van der Waals surface area contributed by atoms with E-state index in [2.05, 4.69) is 25.4 Å². The van der Waals surface area contributed by atoms with Crippen LogP contribution in [-0.4, -0.2) is 60.4 Å². The third-order valence-corrected chi connectivity index (χ3v) is 5.58. The van der Waals surface area contributed by atoms with Gasteiger partial charge in [-0.15, -0.1) is 0 Å². The molecule has 2 aromatic heterocycles. The topological polar surface area (TPSA) is 92.0 Å². The maximum absolute atomic E-state index is 14.6. The van der Waals surface area contributed by atoms with E-state index >= 15 is 0 Å². The van der Waals surface area contributed by atoms with Gasteiger partial charge in [-0.05, 0) is 31.9 Å². The van der Waals surface area contributed by atoms with Crippen molar-refractivity contribution in [3.63, 3.8) is 0 Å². The third-order valence-electron chi connectivity index (χ3n) is 5.58. The number of anilines is 1. The maximum atomic E-state index is 14.6. The largest absolute Gasteiger partial charge is 0.382 e. The molecule has 0 bridgehead atoms. The van der Waals surface area contributed by atoms with E-state index in [1.54, 1.807) is 0 Å². The van der Waals surface area contributed by atoms with E-state index in [1.807, 2.05) is 4.90 Å². The Labute approximate surface area is 183 Å². The highest BCUT2D eigenvalue weighted by atomic mass is 19.1. The fourth-order valence-corrected chi connectivity index (χ4v) is 4.07. The Kier molecular flexibility index (Phi) is 6.66. The highest BCUT2D eigenvalue weighted by Crippen LogP contribution is 2.29. The summed E-state index contributed by atoms with van der Waals surface area (Å²) in [5.41, 5.74) is -1.63. The molecule has 11 heteroatoms. The van der Waals surface area contributed by atoms with Crippen LogP contribution in [0.15, 0.2) is 43.2 Å². The summed E-state index contributed by atoms with van der Waals surface area (Å²) < 4.78 is 42.6. The molecule has 2 N–H and O–H groups in total. The van der Waals surface area contributed by atoms with E-state index in [0.29, 0.717) is 19.0 Å². The highest BCUT2D eigenvalue weighted by Gasteiger charge is 2.36. The molecule has 4 rings (SSSR count). The van der Waals surface area contributed by atoms with Crippen molar-refractivity contribution in [2.75, 3.05) is 25.0 Å². The highest BCUT2D eigenvalue weighted by molar-refractivity contribution is 5.26. The van der Waals surface area contributed by atoms with Gasteiger partial charge in [0.05, 0.1) is 18.9 Å². The van der Waals surface area contributed by atoms with Crippen molar-refractivity contribution in [1.29, 1.82) is 0 Å². The Bertz CT molecular complexity index is 1020. The zero-order chi connectivity index (χ0) is 22.6. The molecule has 32 heavy (non-hydrogen) atoms. The first-order valence-electron chi connectivity index (χ1n) is 10.4. The van der Waals surface area contributed by atoms with Gasteiger partial charge in [-0.3, -0.25) is 4.90 Å². The van der Waals surface area contributed by atoms with Crippen molar-refractivity contribution in [3.05, 3.63) is 66.3 Å². The van der Waals surface area contributed by atoms with Crippen LogP contribution in [0.3, 0.4) is 0 Å². The fraction of sp³-hybridized carbons (Fsp3) is 0.429. The number of hydrogen-bond acceptors (Lipinski definition) is 7. The number of likely N-dealkylation sites (tertiary alicyclic amines) is 1. The molecule has 0 radical (unpaired) electrons. The first-order valence-corrected chi connectivity index (χ1v) is 10.4. The zero-order valence-electron chi connectivity index (χ0n) is 17.3. The number of nitrogens with one attached hydrogen (secondary N) is 1. The standard InChI is InChI=1S/C21H24F3N7O/c22-15-3-4-18(19(24)8-15)21(32,12-31-14-25-13-28-31)11-30-6-1-2-17(5-7-30)29-20-26-9-16(23)10-27-20/h3-4,8-10,13-14,17,32H,1-2,5-7,11-12H2,(H,26,27,29). The predicted molar refractivity (Wildman–Crippen MR) is 110 cm³/mol. The van der Waals surface area contributed by atoms with Crippen LogP contribution >= 0.6 is 0 Å². The van der Waals surface area contributed by atoms with Crippen molar-refractivity contribution in [3.8, 4) is 0 Å². The number of aliphatic hydroxyl groups is 1. The minimum atomic E-state index is -1.64. The Morgan fingerprint density at radius 2 is 1.88 bits per heavy atom. The molecule has 3 heterocycles. The van der Waals surface area contributed by atoms with Crippen molar-refractivity contribution in [2.24, 2.45) is 0 Å². The molecule has 0 amide bonds. The molecule has 3 aromatic rings. The minimum absolute atomic E-state index is 0.00744. The molecule has 0 aliphatic carbocycles. The van der Waals surface area contributed by atoms with Gasteiger partial charge in [-0.1, -0.05) is 6.07 Å². The SMILES string of the molecule is OC(CN1CCCC(Nc2ncc(F)cn2)CC1)(Cn1cncn1)c1ccc(F)cc1F. The Morgan fingerprint density at radius 1 is 1.06 bits per heavy atom. The number of rotatable bonds is 7. The first kappa shape index (κ1) is 22.2. The second-order valence-corrected chi connectivity index (χ2v) is 8.02. The average molecular weight is 447 g/mol. The summed E-state index contributed by atoms with van der Waals surface area (Å²) in [6.45, 7) is 1.42. The summed E-state index contributed by atoms with van der Waals surface area (Å²) in [6, 6.07) is 3.26. The molecule has 1 aliphatic rings. The van der Waals surface area contributed by atoms with Crippen molar-refractivity contribution >= 4 is 5.95 Å². The van der Waals surface area contributed by atoms with Gasteiger partial charge in [-0.25, -0.2) is 32.8 Å². The van der Waals surface area contributed by atoms with Gasteiger partial charge in [-0.2, -0.15) is 5.10 Å². The quantitative estimate of drug-likeness (QED) is 0.574. The summed E-state index contributed by atoms with van der Waals surface area (Å²) >= 11 is 0. The van der Waals surface area contributed by atoms with E-state index in [0.717, 1.165) is 43.8 Å². The van der Waals surface area contributed by atoms with Gasteiger partial charge in [0.2, 0.25) is 5.95 Å². The van der Waals surface area contributed by atoms with Crippen LogP contribution in [0.5, 0.6) is 0 Å². The summed E-state index contributed by atoms with van der Waals surface area (Å²) in [5, 5.41) is 18.8. The summed E-state index contributed by atoms with van der Waals surface area (Å²) in [6.07, 6.45) is 7.39. The molecule has 8 nitrogen and oxygen atoms in total. The minimum Gasteiger partial charge on any atom is -0.382 e. The van der Waals surface area contributed by atoms with Crippen LogP contribution < -0.4 is 5.32 Å². The number of nitrogens with zero attached hydrogens (tertiary/aromatic N) is 6. The van der Waals surface area contributed by atoms with Crippen LogP contribution in [-0.2, 0) is 12.1 Å². The van der Waals surface area contributed by atoms with Gasteiger partial charge < -0.3 is 10.4 Å². The second kappa shape index (κ2) is 9.61. The second-order valence-electron chi connectivity index (χ2n) is 8.02. The van der Waals surface area contributed by atoms with Gasteiger partial charge in [0, 0.05) is 30.8 Å². The van der Waals surface area contributed by atoms with Crippen LogP contribution in [0.2, 0.25) is 0 Å². The van der Waals surface area contributed by atoms with Crippen LogP contribution in [0.25, 0.3) is 0 Å². The van der Waals surface area contributed by atoms with E-state index < -0.39 is 23.1 Å². The van der Waals surface area contributed by atoms with Gasteiger partial charge >= 0.3 is 0 Å². The molecule has 1 aliphatic heterocycles. The molecular weight excluding hydrogens is 423 g/mol. The molecule has 170 valence electrons. The van der Waals surface area contributed by atoms with Gasteiger partial charge in [0.15, 0.2) is 5.82 Å². The van der Waals surface area contributed by atoms with Gasteiger partial charge in [0.25, 0.3) is 0 Å². The monoisotopic (exact) mass is 447 g/mol. The lowest BCUT2D eigenvalue weighted by Gasteiger charge is -2.34. The molecule has 2 atom stereocenters. The molecule has 2 unspecified atom stereocenters. The van der Waals surface area contributed by atoms with E-state index in [4.69, 9.17) is 0 Å². The normalized spacial score (nSPS) is 19.3. The number of β-amino-alcohol motifs (C(OH)–C–C–N with tert-alkyl or cyclic N) is 1. The number of hydrogen-bond donors (Lipinski definition) is 2. The van der Waals surface area contributed by atoms with Crippen LogP contribution in [0.1, 0.15) is 24.8 Å². The third kappa shape index (κ3) is 5.40. The Balaban J connectivity index is 1.47. The Hall–Kier alpha value is -3.05. The van der Waals surface area contributed by atoms with Crippen LogP contribution in [0.4, 0.5) is 19.1 Å². The molecule has 0 saturated carbocycles. The molecule has 1 saturated heterocycles. The fourth-order valence-electron chi connectivity index (χ4n) is 4.07. The lowest BCUT2D eigenvalue weighted by Crippen LogP contribution is -2.45. The molecule has 1 aromatic carbocycles. The number of halogens is 3. The van der Waals surface area contributed by atoms with E-state index in [-0.39, 0.29) is 24.7 Å². The van der Waals surface area contributed by atoms with Gasteiger partial charge in [0.1, 0.15) is 29.9 Å². The maximum Gasteiger partial charge on any atom is 0.222 e. The van der Waals surface area contributed by atoms with E-state index in [1.165, 1.54) is 23.4 Å². The summed E-state index contributed by atoms with van der Waals surface area (Å²) in [5.74, 6) is -1.65.